The molecule has 1 aromatic rings. The van der Waals surface area contributed by atoms with E-state index in [0.717, 1.165) is 24.9 Å². The molecule has 5 heteroatoms. The zero-order valence-electron chi connectivity index (χ0n) is 10.4. The van der Waals surface area contributed by atoms with Crippen LogP contribution in [0.2, 0.25) is 0 Å². The molecule has 1 aromatic carbocycles. The molecule has 0 bridgehead atoms. The van der Waals surface area contributed by atoms with Gasteiger partial charge in [0.15, 0.2) is 0 Å². The van der Waals surface area contributed by atoms with E-state index in [9.17, 15) is 8.42 Å². The number of anilines is 2. The van der Waals surface area contributed by atoms with Gasteiger partial charge in [0, 0.05) is 17.9 Å². The number of benzene rings is 1. The quantitative estimate of drug-likeness (QED) is 0.737. The van der Waals surface area contributed by atoms with Gasteiger partial charge in [0.2, 0.25) is 10.0 Å². The summed E-state index contributed by atoms with van der Waals surface area (Å²) in [5.74, 6) is 0. The van der Waals surface area contributed by atoms with Crippen LogP contribution in [0.5, 0.6) is 0 Å². The smallest absolute Gasteiger partial charge is 0.229 e. The van der Waals surface area contributed by atoms with Crippen molar-refractivity contribution in [3.05, 3.63) is 24.3 Å². The van der Waals surface area contributed by atoms with Crippen LogP contribution in [0.3, 0.4) is 0 Å². The van der Waals surface area contributed by atoms with E-state index in [1.165, 1.54) is 12.8 Å². The Bertz CT molecular complexity index is 426. The lowest BCUT2D eigenvalue weighted by molar-refractivity contribution is 0.607. The second-order valence-corrected chi connectivity index (χ2v) is 5.83. The Labute approximate surface area is 103 Å². The lowest BCUT2D eigenvalue weighted by Crippen LogP contribution is -2.09. The number of unbranched alkanes of at least 4 members (excludes halogenated alkanes) is 2. The van der Waals surface area contributed by atoms with Crippen molar-refractivity contribution in [1.82, 2.24) is 0 Å². The molecule has 0 saturated carbocycles. The van der Waals surface area contributed by atoms with Gasteiger partial charge in [0.05, 0.1) is 6.26 Å². The number of nitrogens with one attached hydrogen (secondary N) is 2. The molecule has 0 fully saturated rings. The third kappa shape index (κ3) is 6.16. The van der Waals surface area contributed by atoms with Crippen molar-refractivity contribution in [3.63, 3.8) is 0 Å². The molecule has 1 rings (SSSR count). The van der Waals surface area contributed by atoms with Gasteiger partial charge in [0.25, 0.3) is 0 Å². The van der Waals surface area contributed by atoms with Crippen molar-refractivity contribution >= 4 is 21.4 Å². The molecule has 4 nitrogen and oxygen atoms in total. The third-order valence-electron chi connectivity index (χ3n) is 2.30. The molecule has 0 atom stereocenters. The van der Waals surface area contributed by atoms with Crippen LogP contribution < -0.4 is 10.0 Å². The number of rotatable bonds is 7. The van der Waals surface area contributed by atoms with Crippen LogP contribution in [-0.2, 0) is 10.0 Å². The molecule has 0 saturated heterocycles. The Hall–Kier alpha value is -1.23. The Morgan fingerprint density at radius 1 is 1.06 bits per heavy atom. The molecule has 0 aromatic heterocycles. The normalized spacial score (nSPS) is 11.2. The average Bonchev–Trinajstić information content (AvgIpc) is 2.25. The van der Waals surface area contributed by atoms with Gasteiger partial charge in [-0.2, -0.15) is 0 Å². The third-order valence-corrected chi connectivity index (χ3v) is 2.90. The maximum absolute atomic E-state index is 11.0. The molecule has 0 heterocycles. The number of sulfonamides is 1. The molecule has 0 aliphatic rings. The minimum absolute atomic E-state index is 0.589. The molecule has 0 radical (unpaired) electrons. The van der Waals surface area contributed by atoms with E-state index >= 15 is 0 Å². The van der Waals surface area contributed by atoms with Gasteiger partial charge in [-0.15, -0.1) is 0 Å². The van der Waals surface area contributed by atoms with Gasteiger partial charge < -0.3 is 5.32 Å². The molecule has 0 aliphatic carbocycles. The summed E-state index contributed by atoms with van der Waals surface area (Å²) in [6.45, 7) is 3.12. The predicted octanol–water partition coefficient (Wildman–Crippen LogP) is 2.66. The zero-order chi connectivity index (χ0) is 12.7. The molecule has 17 heavy (non-hydrogen) atoms. The second-order valence-electron chi connectivity index (χ2n) is 4.09. The van der Waals surface area contributed by atoms with Gasteiger partial charge in [-0.3, -0.25) is 4.72 Å². The van der Waals surface area contributed by atoms with E-state index in [2.05, 4.69) is 17.0 Å². The summed E-state index contributed by atoms with van der Waals surface area (Å²) < 4.78 is 24.4. The van der Waals surface area contributed by atoms with E-state index in [4.69, 9.17) is 0 Å². The van der Waals surface area contributed by atoms with Crippen LogP contribution in [0.4, 0.5) is 11.4 Å². The first-order valence-corrected chi connectivity index (χ1v) is 7.72. The Balaban J connectivity index is 2.45. The lowest BCUT2D eigenvalue weighted by Gasteiger charge is -2.07. The first kappa shape index (κ1) is 13.8. The monoisotopic (exact) mass is 256 g/mol. The fraction of sp³-hybridized carbons (Fsp3) is 0.500. The largest absolute Gasteiger partial charge is 0.385 e. The molecule has 0 spiro atoms. The van der Waals surface area contributed by atoms with Crippen LogP contribution in [0.25, 0.3) is 0 Å². The SMILES string of the molecule is CCCCCNc1ccc(NS(C)(=O)=O)cc1. The molecule has 96 valence electrons. The van der Waals surface area contributed by atoms with Crippen LogP contribution in [0.1, 0.15) is 26.2 Å². The summed E-state index contributed by atoms with van der Waals surface area (Å²) in [5, 5.41) is 3.29. The summed E-state index contributed by atoms with van der Waals surface area (Å²) in [7, 11) is -3.18. The minimum atomic E-state index is -3.18. The van der Waals surface area contributed by atoms with Crippen molar-refractivity contribution in [1.29, 1.82) is 0 Å². The fourth-order valence-corrected chi connectivity index (χ4v) is 2.04. The van der Waals surface area contributed by atoms with Crippen LogP contribution in [0, 0.1) is 0 Å². The summed E-state index contributed by atoms with van der Waals surface area (Å²) in [4.78, 5) is 0. The predicted molar refractivity (Wildman–Crippen MR) is 72.9 cm³/mol. The maximum Gasteiger partial charge on any atom is 0.229 e. The molecular formula is C12H20N2O2S. The highest BCUT2D eigenvalue weighted by molar-refractivity contribution is 7.92. The molecular weight excluding hydrogens is 236 g/mol. The first-order valence-electron chi connectivity index (χ1n) is 5.83. The Morgan fingerprint density at radius 2 is 1.65 bits per heavy atom. The van der Waals surface area contributed by atoms with Gasteiger partial charge in [0.1, 0.15) is 0 Å². The van der Waals surface area contributed by atoms with Gasteiger partial charge in [-0.05, 0) is 30.7 Å². The zero-order valence-corrected chi connectivity index (χ0v) is 11.2. The Morgan fingerprint density at radius 3 is 2.18 bits per heavy atom. The number of hydrogen-bond donors (Lipinski definition) is 2. The van der Waals surface area contributed by atoms with Crippen LogP contribution in [0.15, 0.2) is 24.3 Å². The van der Waals surface area contributed by atoms with E-state index < -0.39 is 10.0 Å². The first-order chi connectivity index (χ1) is 8.01. The minimum Gasteiger partial charge on any atom is -0.385 e. The fourth-order valence-electron chi connectivity index (χ4n) is 1.48. The van der Waals surface area contributed by atoms with Crippen molar-refractivity contribution < 1.29 is 8.42 Å². The molecule has 2 N–H and O–H groups in total. The van der Waals surface area contributed by atoms with Crippen molar-refractivity contribution in [3.8, 4) is 0 Å². The van der Waals surface area contributed by atoms with Crippen LogP contribution in [-0.4, -0.2) is 21.2 Å². The number of hydrogen-bond acceptors (Lipinski definition) is 3. The topological polar surface area (TPSA) is 58.2 Å². The summed E-state index contributed by atoms with van der Waals surface area (Å²) >= 11 is 0. The van der Waals surface area contributed by atoms with E-state index in [-0.39, 0.29) is 0 Å². The van der Waals surface area contributed by atoms with Gasteiger partial charge in [-0.1, -0.05) is 19.8 Å². The average molecular weight is 256 g/mol. The standard InChI is InChI=1S/C12H20N2O2S/c1-3-4-5-10-13-11-6-8-12(9-7-11)14-17(2,15)16/h6-9,13-14H,3-5,10H2,1-2H3. The van der Waals surface area contributed by atoms with E-state index in [1.54, 1.807) is 12.1 Å². The summed E-state index contributed by atoms with van der Waals surface area (Å²) in [6, 6.07) is 7.26. The maximum atomic E-state index is 11.0. The molecule has 0 unspecified atom stereocenters. The lowest BCUT2D eigenvalue weighted by atomic mass is 10.2. The highest BCUT2D eigenvalue weighted by Gasteiger charge is 2.00. The van der Waals surface area contributed by atoms with Crippen molar-refractivity contribution in [2.24, 2.45) is 0 Å². The van der Waals surface area contributed by atoms with E-state index in [0.29, 0.717) is 5.69 Å². The van der Waals surface area contributed by atoms with Crippen molar-refractivity contribution in [2.45, 2.75) is 26.2 Å². The Kier molecular flexibility index (Phi) is 5.28. The summed E-state index contributed by atoms with van der Waals surface area (Å²) in [5.41, 5.74) is 1.60. The molecule has 0 aliphatic heterocycles. The highest BCUT2D eigenvalue weighted by Crippen LogP contribution is 2.14. The summed E-state index contributed by atoms with van der Waals surface area (Å²) in [6.07, 6.45) is 4.73. The molecule has 0 amide bonds. The second kappa shape index (κ2) is 6.49. The van der Waals surface area contributed by atoms with Crippen LogP contribution >= 0.6 is 0 Å². The van der Waals surface area contributed by atoms with Gasteiger partial charge >= 0.3 is 0 Å². The van der Waals surface area contributed by atoms with Crippen molar-refractivity contribution in [2.75, 3.05) is 22.8 Å². The van der Waals surface area contributed by atoms with Gasteiger partial charge in [-0.25, -0.2) is 8.42 Å². The van der Waals surface area contributed by atoms with E-state index in [1.807, 2.05) is 12.1 Å². The highest BCUT2D eigenvalue weighted by atomic mass is 32.2.